The Labute approximate surface area is 186 Å². The fraction of sp³-hybridized carbons (Fsp3) is 0.280. The number of nitrogens with zero attached hydrogens (tertiary/aromatic N) is 2. The molecule has 32 heavy (non-hydrogen) atoms. The Morgan fingerprint density at radius 3 is 2.53 bits per heavy atom. The van der Waals surface area contributed by atoms with Crippen molar-refractivity contribution in [2.45, 2.75) is 32.0 Å². The zero-order chi connectivity index (χ0) is 22.3. The zero-order valence-corrected chi connectivity index (χ0v) is 17.6. The molecule has 0 aliphatic carbocycles. The van der Waals surface area contributed by atoms with Crippen molar-refractivity contribution < 1.29 is 18.3 Å². The Balaban J connectivity index is 1.24. The predicted octanol–water partition coefficient (Wildman–Crippen LogP) is 4.33. The second-order valence-corrected chi connectivity index (χ2v) is 7.83. The standard InChI is InChI=1S/C25H25F2N3O2/c26-23-6-3-4-19(24(23)27)16-29-25(31)18-7-9-21(10-8-18)32-22-11-14-30(15-12-22)17-20-5-1-2-13-28-20/h1-10,13,22H,11-12,14-17H2,(H,29,31). The highest BCUT2D eigenvalue weighted by Crippen LogP contribution is 2.21. The van der Waals surface area contributed by atoms with Gasteiger partial charge in [0.25, 0.3) is 5.91 Å². The number of halogens is 2. The third-order valence-corrected chi connectivity index (χ3v) is 5.54. The van der Waals surface area contributed by atoms with E-state index in [1.54, 1.807) is 24.3 Å². The molecule has 0 bridgehead atoms. The molecule has 1 saturated heterocycles. The summed E-state index contributed by atoms with van der Waals surface area (Å²) in [6.07, 6.45) is 3.79. The van der Waals surface area contributed by atoms with E-state index in [4.69, 9.17) is 4.74 Å². The van der Waals surface area contributed by atoms with Crippen LogP contribution >= 0.6 is 0 Å². The summed E-state index contributed by atoms with van der Waals surface area (Å²) in [7, 11) is 0. The molecule has 1 N–H and O–H groups in total. The van der Waals surface area contributed by atoms with E-state index < -0.39 is 11.6 Å². The first-order valence-electron chi connectivity index (χ1n) is 10.7. The van der Waals surface area contributed by atoms with E-state index in [0.29, 0.717) is 11.3 Å². The maximum absolute atomic E-state index is 13.7. The number of hydrogen-bond donors (Lipinski definition) is 1. The molecule has 7 heteroatoms. The number of pyridine rings is 1. The molecular weight excluding hydrogens is 412 g/mol. The van der Waals surface area contributed by atoms with Crippen LogP contribution in [0.2, 0.25) is 0 Å². The minimum Gasteiger partial charge on any atom is -0.490 e. The first-order chi connectivity index (χ1) is 15.6. The van der Waals surface area contributed by atoms with Gasteiger partial charge in [-0.25, -0.2) is 8.78 Å². The Morgan fingerprint density at radius 1 is 1.03 bits per heavy atom. The van der Waals surface area contributed by atoms with Crippen LogP contribution in [-0.2, 0) is 13.1 Å². The molecule has 1 fully saturated rings. The monoisotopic (exact) mass is 437 g/mol. The van der Waals surface area contributed by atoms with Gasteiger partial charge in [-0.05, 0) is 55.3 Å². The highest BCUT2D eigenvalue weighted by molar-refractivity contribution is 5.94. The predicted molar refractivity (Wildman–Crippen MR) is 117 cm³/mol. The van der Waals surface area contributed by atoms with Crippen molar-refractivity contribution in [2.24, 2.45) is 0 Å². The molecular formula is C25H25F2N3O2. The van der Waals surface area contributed by atoms with Gasteiger partial charge in [-0.15, -0.1) is 0 Å². The molecule has 2 aromatic carbocycles. The lowest BCUT2D eigenvalue weighted by molar-refractivity contribution is 0.0946. The van der Waals surface area contributed by atoms with Crippen LogP contribution in [0.1, 0.15) is 34.5 Å². The summed E-state index contributed by atoms with van der Waals surface area (Å²) >= 11 is 0. The number of nitrogens with one attached hydrogen (secondary N) is 1. The minimum absolute atomic E-state index is 0.0856. The molecule has 3 aromatic rings. The number of likely N-dealkylation sites (tertiary alicyclic amines) is 1. The molecule has 5 nitrogen and oxygen atoms in total. The van der Waals surface area contributed by atoms with E-state index in [9.17, 15) is 13.6 Å². The lowest BCUT2D eigenvalue weighted by atomic mass is 10.1. The van der Waals surface area contributed by atoms with Crippen molar-refractivity contribution in [1.29, 1.82) is 0 Å². The van der Waals surface area contributed by atoms with Gasteiger partial charge in [0.2, 0.25) is 0 Å². The van der Waals surface area contributed by atoms with Gasteiger partial charge in [-0.2, -0.15) is 0 Å². The Kier molecular flexibility index (Phi) is 7.07. The third-order valence-electron chi connectivity index (χ3n) is 5.54. The molecule has 0 unspecified atom stereocenters. The molecule has 4 rings (SSSR count). The first kappa shape index (κ1) is 21.9. The highest BCUT2D eigenvalue weighted by atomic mass is 19.2. The lowest BCUT2D eigenvalue weighted by Crippen LogP contribution is -2.37. The van der Waals surface area contributed by atoms with Gasteiger partial charge in [0.1, 0.15) is 11.9 Å². The molecule has 1 aliphatic heterocycles. The van der Waals surface area contributed by atoms with Gasteiger partial charge >= 0.3 is 0 Å². The summed E-state index contributed by atoms with van der Waals surface area (Å²) in [4.78, 5) is 19.1. The van der Waals surface area contributed by atoms with E-state index in [2.05, 4.69) is 15.2 Å². The molecule has 1 amide bonds. The lowest BCUT2D eigenvalue weighted by Gasteiger charge is -2.31. The molecule has 2 heterocycles. The molecule has 0 atom stereocenters. The number of aromatic nitrogens is 1. The maximum Gasteiger partial charge on any atom is 0.251 e. The normalized spacial score (nSPS) is 14.8. The highest BCUT2D eigenvalue weighted by Gasteiger charge is 2.21. The molecule has 0 radical (unpaired) electrons. The largest absolute Gasteiger partial charge is 0.490 e. The van der Waals surface area contributed by atoms with Crippen molar-refractivity contribution in [3.63, 3.8) is 0 Å². The summed E-state index contributed by atoms with van der Waals surface area (Å²) < 4.78 is 33.1. The quantitative estimate of drug-likeness (QED) is 0.598. The minimum atomic E-state index is -0.942. The molecule has 0 saturated carbocycles. The maximum atomic E-state index is 13.7. The van der Waals surface area contributed by atoms with E-state index in [-0.39, 0.29) is 24.1 Å². The Morgan fingerprint density at radius 2 is 1.81 bits per heavy atom. The van der Waals surface area contributed by atoms with Gasteiger partial charge in [0, 0.05) is 43.5 Å². The number of carbonyl (C=O) groups is 1. The van der Waals surface area contributed by atoms with E-state index in [1.807, 2.05) is 24.4 Å². The average Bonchev–Trinajstić information content (AvgIpc) is 2.82. The van der Waals surface area contributed by atoms with E-state index >= 15 is 0 Å². The fourth-order valence-corrected chi connectivity index (χ4v) is 3.75. The smallest absolute Gasteiger partial charge is 0.251 e. The second kappa shape index (κ2) is 10.3. The molecule has 1 aromatic heterocycles. The van der Waals surface area contributed by atoms with Crippen molar-refractivity contribution in [2.75, 3.05) is 13.1 Å². The van der Waals surface area contributed by atoms with Crippen molar-refractivity contribution in [3.05, 3.63) is 95.3 Å². The summed E-state index contributed by atoms with van der Waals surface area (Å²) in [5, 5.41) is 2.61. The van der Waals surface area contributed by atoms with E-state index in [1.165, 1.54) is 12.1 Å². The summed E-state index contributed by atoms with van der Waals surface area (Å²) in [5.74, 6) is -1.52. The van der Waals surface area contributed by atoms with Crippen LogP contribution in [0, 0.1) is 11.6 Å². The van der Waals surface area contributed by atoms with Gasteiger partial charge in [-0.3, -0.25) is 14.7 Å². The van der Waals surface area contributed by atoms with Crippen LogP contribution in [0.5, 0.6) is 5.75 Å². The zero-order valence-electron chi connectivity index (χ0n) is 17.6. The number of carbonyl (C=O) groups excluding carboxylic acids is 1. The topological polar surface area (TPSA) is 54.5 Å². The van der Waals surface area contributed by atoms with Crippen LogP contribution < -0.4 is 10.1 Å². The van der Waals surface area contributed by atoms with Gasteiger partial charge in [0.15, 0.2) is 11.6 Å². The van der Waals surface area contributed by atoms with Gasteiger partial charge in [-0.1, -0.05) is 18.2 Å². The number of benzene rings is 2. The number of ether oxygens (including phenoxy) is 1. The van der Waals surface area contributed by atoms with Gasteiger partial charge in [0.05, 0.1) is 5.69 Å². The molecule has 0 spiro atoms. The van der Waals surface area contributed by atoms with E-state index in [0.717, 1.165) is 44.2 Å². The number of amides is 1. The van der Waals surface area contributed by atoms with Crippen molar-refractivity contribution in [1.82, 2.24) is 15.2 Å². The van der Waals surface area contributed by atoms with Crippen LogP contribution in [0.25, 0.3) is 0 Å². The first-order valence-corrected chi connectivity index (χ1v) is 10.7. The van der Waals surface area contributed by atoms with Crippen molar-refractivity contribution >= 4 is 5.91 Å². The summed E-state index contributed by atoms with van der Waals surface area (Å²) in [6.45, 7) is 2.64. The van der Waals surface area contributed by atoms with Crippen molar-refractivity contribution in [3.8, 4) is 5.75 Å². The Hall–Kier alpha value is -3.32. The van der Waals surface area contributed by atoms with Crippen LogP contribution in [0.15, 0.2) is 66.9 Å². The molecule has 1 aliphatic rings. The third kappa shape index (κ3) is 5.68. The van der Waals surface area contributed by atoms with Gasteiger partial charge < -0.3 is 10.1 Å². The molecule has 166 valence electrons. The fourth-order valence-electron chi connectivity index (χ4n) is 3.75. The van der Waals surface area contributed by atoms with Crippen LogP contribution in [0.4, 0.5) is 8.78 Å². The number of piperidine rings is 1. The number of hydrogen-bond acceptors (Lipinski definition) is 4. The summed E-state index contributed by atoms with van der Waals surface area (Å²) in [5.41, 5.74) is 1.60. The Bertz CT molecular complexity index is 1040. The summed E-state index contributed by atoms with van der Waals surface area (Å²) in [6, 6.07) is 16.7. The number of rotatable bonds is 7. The average molecular weight is 437 g/mol. The van der Waals surface area contributed by atoms with Crippen LogP contribution in [-0.4, -0.2) is 35.0 Å². The SMILES string of the molecule is O=C(NCc1cccc(F)c1F)c1ccc(OC2CCN(Cc3ccccn3)CC2)cc1. The second-order valence-electron chi connectivity index (χ2n) is 7.83. The van der Waals surface area contributed by atoms with Crippen LogP contribution in [0.3, 0.4) is 0 Å².